The molecular weight excluding hydrogens is 415 g/mol. The van der Waals surface area contributed by atoms with Crippen LogP contribution in [0.1, 0.15) is 29.5 Å². The summed E-state index contributed by atoms with van der Waals surface area (Å²) in [5, 5.41) is 2.83. The Morgan fingerprint density at radius 2 is 1.69 bits per heavy atom. The first-order chi connectivity index (χ1) is 13.6. The second-order valence-corrected chi connectivity index (χ2v) is 9.83. The van der Waals surface area contributed by atoms with Gasteiger partial charge < -0.3 is 5.32 Å². The van der Waals surface area contributed by atoms with Crippen molar-refractivity contribution in [2.75, 3.05) is 18.4 Å². The van der Waals surface area contributed by atoms with E-state index in [0.29, 0.717) is 17.7 Å². The highest BCUT2D eigenvalue weighted by molar-refractivity contribution is 7.89. The van der Waals surface area contributed by atoms with Crippen molar-refractivity contribution in [3.63, 3.8) is 0 Å². The first-order valence-electron chi connectivity index (χ1n) is 9.43. The number of hydrogen-bond donors (Lipinski definition) is 1. The average Bonchev–Trinajstić information content (AvgIpc) is 2.63. The van der Waals surface area contributed by atoms with Crippen molar-refractivity contribution in [1.29, 1.82) is 0 Å². The Labute approximate surface area is 175 Å². The maximum Gasteiger partial charge on any atom is 0.243 e. The zero-order chi connectivity index (χ0) is 21.3. The Hall–Kier alpha value is -1.96. The monoisotopic (exact) mass is 438 g/mol. The molecule has 0 saturated carbocycles. The lowest BCUT2D eigenvalue weighted by Crippen LogP contribution is -2.41. The van der Waals surface area contributed by atoms with Crippen LogP contribution in [0.2, 0.25) is 5.02 Å². The van der Waals surface area contributed by atoms with E-state index in [1.807, 2.05) is 19.1 Å². The number of hydrogen-bond acceptors (Lipinski definition) is 3. The maximum absolute atomic E-state index is 13.9. The van der Waals surface area contributed by atoms with Gasteiger partial charge in [0.05, 0.1) is 10.6 Å². The van der Waals surface area contributed by atoms with Crippen molar-refractivity contribution in [2.45, 2.75) is 38.5 Å². The number of aryl methyl sites for hydroxylation is 3. The van der Waals surface area contributed by atoms with Crippen molar-refractivity contribution in [1.82, 2.24) is 4.31 Å². The summed E-state index contributed by atoms with van der Waals surface area (Å²) in [7, 11) is -3.63. The predicted octanol–water partition coefficient (Wildman–Crippen LogP) is 4.44. The number of carbonyl (C=O) groups is 1. The lowest BCUT2D eigenvalue weighted by Gasteiger charge is -2.31. The van der Waals surface area contributed by atoms with Crippen LogP contribution < -0.4 is 5.32 Å². The van der Waals surface area contributed by atoms with Crippen LogP contribution in [0, 0.1) is 32.5 Å². The molecule has 1 aliphatic heterocycles. The fourth-order valence-corrected chi connectivity index (χ4v) is 5.93. The SMILES string of the molecule is Cc1cc(C)c(S(=O)(=O)N2CCC(C(=O)Nc3ccc(Cl)cc3F)CC2)c(C)c1. The van der Waals surface area contributed by atoms with Crippen LogP contribution >= 0.6 is 11.6 Å². The van der Waals surface area contributed by atoms with Crippen LogP contribution in [0.3, 0.4) is 0 Å². The van der Waals surface area contributed by atoms with Crippen molar-refractivity contribution in [3.8, 4) is 0 Å². The van der Waals surface area contributed by atoms with Gasteiger partial charge in [-0.05, 0) is 62.9 Å². The molecule has 3 rings (SSSR count). The minimum absolute atomic E-state index is 0.0698. The molecule has 1 N–H and O–H groups in total. The Morgan fingerprint density at radius 1 is 1.10 bits per heavy atom. The summed E-state index contributed by atoms with van der Waals surface area (Å²) in [4.78, 5) is 12.8. The Balaban J connectivity index is 1.69. The summed E-state index contributed by atoms with van der Waals surface area (Å²) in [6, 6.07) is 7.78. The number of anilines is 1. The van der Waals surface area contributed by atoms with Crippen molar-refractivity contribution >= 4 is 33.2 Å². The molecule has 0 aromatic heterocycles. The van der Waals surface area contributed by atoms with Crippen molar-refractivity contribution in [2.24, 2.45) is 5.92 Å². The van der Waals surface area contributed by atoms with E-state index in [-0.39, 0.29) is 35.6 Å². The van der Waals surface area contributed by atoms with Crippen molar-refractivity contribution < 1.29 is 17.6 Å². The molecule has 2 aromatic carbocycles. The third-order valence-electron chi connectivity index (χ3n) is 5.22. The smallest absolute Gasteiger partial charge is 0.243 e. The van der Waals surface area contributed by atoms with Gasteiger partial charge in [-0.2, -0.15) is 4.31 Å². The van der Waals surface area contributed by atoms with E-state index in [9.17, 15) is 17.6 Å². The molecule has 29 heavy (non-hydrogen) atoms. The molecule has 1 saturated heterocycles. The topological polar surface area (TPSA) is 66.5 Å². The van der Waals surface area contributed by atoms with Gasteiger partial charge in [-0.15, -0.1) is 0 Å². The van der Waals surface area contributed by atoms with Crippen LogP contribution in [0.25, 0.3) is 0 Å². The largest absolute Gasteiger partial charge is 0.323 e. The van der Waals surface area contributed by atoms with E-state index in [1.165, 1.54) is 16.4 Å². The highest BCUT2D eigenvalue weighted by Crippen LogP contribution is 2.29. The zero-order valence-electron chi connectivity index (χ0n) is 16.6. The number of rotatable bonds is 4. The number of sulfonamides is 1. The molecule has 0 atom stereocenters. The molecule has 1 fully saturated rings. The number of nitrogens with zero attached hydrogens (tertiary/aromatic N) is 1. The number of benzene rings is 2. The molecule has 1 aliphatic rings. The number of halogens is 2. The van der Waals surface area contributed by atoms with Gasteiger partial charge in [-0.3, -0.25) is 4.79 Å². The molecule has 0 aliphatic carbocycles. The van der Waals surface area contributed by atoms with Crippen LogP contribution in [0.5, 0.6) is 0 Å². The number of amides is 1. The molecule has 0 radical (unpaired) electrons. The second-order valence-electron chi connectivity index (χ2n) is 7.52. The van der Waals surface area contributed by atoms with E-state index < -0.39 is 15.8 Å². The fourth-order valence-electron chi connectivity index (χ4n) is 3.89. The standard InChI is InChI=1S/C21H24ClFN2O3S/c1-13-10-14(2)20(15(3)11-13)29(27,28)25-8-6-16(7-9-25)21(26)24-19-5-4-17(22)12-18(19)23/h4-5,10-12,16H,6-9H2,1-3H3,(H,24,26). The van der Waals surface area contributed by atoms with Crippen LogP contribution in [-0.2, 0) is 14.8 Å². The Bertz CT molecular complexity index is 1020. The van der Waals surface area contributed by atoms with Gasteiger partial charge in [0.2, 0.25) is 15.9 Å². The van der Waals surface area contributed by atoms with E-state index >= 15 is 0 Å². The molecule has 0 bridgehead atoms. The Morgan fingerprint density at radius 3 is 2.24 bits per heavy atom. The number of carbonyl (C=O) groups excluding carboxylic acids is 1. The summed E-state index contributed by atoms with van der Waals surface area (Å²) < 4.78 is 41.6. The lowest BCUT2D eigenvalue weighted by molar-refractivity contribution is -0.120. The minimum atomic E-state index is -3.63. The predicted molar refractivity (Wildman–Crippen MR) is 112 cm³/mol. The van der Waals surface area contributed by atoms with Gasteiger partial charge in [0.1, 0.15) is 5.82 Å². The first kappa shape index (κ1) is 21.7. The van der Waals surface area contributed by atoms with Crippen LogP contribution in [-0.4, -0.2) is 31.7 Å². The first-order valence-corrected chi connectivity index (χ1v) is 11.3. The molecule has 0 spiro atoms. The minimum Gasteiger partial charge on any atom is -0.323 e. The van der Waals surface area contributed by atoms with Gasteiger partial charge in [0.15, 0.2) is 0 Å². The fraction of sp³-hybridized carbons (Fsp3) is 0.381. The van der Waals surface area contributed by atoms with Gasteiger partial charge in [0, 0.05) is 24.0 Å². The highest BCUT2D eigenvalue weighted by atomic mass is 35.5. The normalized spacial score (nSPS) is 16.0. The molecular formula is C21H24ClFN2O3S. The summed E-state index contributed by atoms with van der Waals surface area (Å²) in [5.41, 5.74) is 2.53. The summed E-state index contributed by atoms with van der Waals surface area (Å²) in [6.45, 7) is 6.03. The van der Waals surface area contributed by atoms with E-state index in [0.717, 1.165) is 22.8 Å². The number of nitrogens with one attached hydrogen (secondary N) is 1. The van der Waals surface area contributed by atoms with Gasteiger partial charge in [-0.1, -0.05) is 29.3 Å². The highest BCUT2D eigenvalue weighted by Gasteiger charge is 2.33. The molecule has 5 nitrogen and oxygen atoms in total. The second kappa shape index (κ2) is 8.42. The van der Waals surface area contributed by atoms with Crippen molar-refractivity contribution in [3.05, 3.63) is 57.9 Å². The lowest BCUT2D eigenvalue weighted by atomic mass is 9.97. The Kier molecular flexibility index (Phi) is 6.31. The zero-order valence-corrected chi connectivity index (χ0v) is 18.2. The maximum atomic E-state index is 13.9. The van der Waals surface area contributed by atoms with E-state index in [2.05, 4.69) is 5.32 Å². The molecule has 0 unspecified atom stereocenters. The van der Waals surface area contributed by atoms with E-state index in [1.54, 1.807) is 13.8 Å². The molecule has 8 heteroatoms. The quantitative estimate of drug-likeness (QED) is 0.767. The molecule has 156 valence electrons. The van der Waals surface area contributed by atoms with Gasteiger partial charge >= 0.3 is 0 Å². The molecule has 2 aromatic rings. The third kappa shape index (κ3) is 4.63. The molecule has 1 amide bonds. The molecule has 1 heterocycles. The average molecular weight is 439 g/mol. The third-order valence-corrected chi connectivity index (χ3v) is 7.66. The van der Waals surface area contributed by atoms with Crippen LogP contribution in [0.4, 0.5) is 10.1 Å². The summed E-state index contributed by atoms with van der Waals surface area (Å²) in [6.07, 6.45) is 0.758. The van der Waals surface area contributed by atoms with Gasteiger partial charge in [-0.25, -0.2) is 12.8 Å². The summed E-state index contributed by atoms with van der Waals surface area (Å²) in [5.74, 6) is -1.29. The summed E-state index contributed by atoms with van der Waals surface area (Å²) >= 11 is 5.73. The van der Waals surface area contributed by atoms with Crippen LogP contribution in [0.15, 0.2) is 35.2 Å². The van der Waals surface area contributed by atoms with E-state index in [4.69, 9.17) is 11.6 Å². The number of piperidine rings is 1. The van der Waals surface area contributed by atoms with Gasteiger partial charge in [0.25, 0.3) is 0 Å².